The van der Waals surface area contributed by atoms with Gasteiger partial charge in [0, 0.05) is 25.4 Å². The quantitative estimate of drug-likeness (QED) is 0.294. The highest BCUT2D eigenvalue weighted by atomic mass is 16.6. The number of carbonyl (C=O) groups is 1. The van der Waals surface area contributed by atoms with Crippen LogP contribution in [0.2, 0.25) is 0 Å². The topological polar surface area (TPSA) is 120 Å². The van der Waals surface area contributed by atoms with E-state index in [9.17, 15) is 14.9 Å². The van der Waals surface area contributed by atoms with Gasteiger partial charge in [-0.15, -0.1) is 0 Å². The van der Waals surface area contributed by atoms with Crippen molar-refractivity contribution in [3.8, 4) is 0 Å². The Kier molecular flexibility index (Phi) is 5.73. The highest BCUT2D eigenvalue weighted by Crippen LogP contribution is 2.24. The van der Waals surface area contributed by atoms with E-state index < -0.39 is 11.0 Å². The largest absolute Gasteiger partial charge is 0.393 e. The van der Waals surface area contributed by atoms with Crippen LogP contribution in [0.3, 0.4) is 0 Å². The first-order valence-corrected chi connectivity index (χ1v) is 6.02. The maximum Gasteiger partial charge on any atom is 0.292 e. The minimum atomic E-state index is -0.556. The van der Waals surface area contributed by atoms with Crippen molar-refractivity contribution in [3.05, 3.63) is 28.3 Å². The van der Waals surface area contributed by atoms with Gasteiger partial charge in [0.15, 0.2) is 0 Å². The summed E-state index contributed by atoms with van der Waals surface area (Å²) in [5, 5.41) is 16.2. The Bertz CT molecular complexity index is 492. The van der Waals surface area contributed by atoms with Crippen LogP contribution >= 0.6 is 0 Å². The predicted molar refractivity (Wildman–Crippen MR) is 75.5 cm³/mol. The molecule has 1 aromatic carbocycles. The third-order valence-corrected chi connectivity index (χ3v) is 2.61. The molecule has 1 rings (SSSR count). The maximum absolute atomic E-state index is 11.7. The van der Waals surface area contributed by atoms with Crippen LogP contribution in [-0.4, -0.2) is 37.1 Å². The smallest absolute Gasteiger partial charge is 0.292 e. The molecule has 1 amide bonds. The molecular formula is C12H18N4O4. The summed E-state index contributed by atoms with van der Waals surface area (Å²) in [6.07, 6.45) is 0. The molecule has 4 N–H and O–H groups in total. The van der Waals surface area contributed by atoms with Crippen molar-refractivity contribution in [2.75, 3.05) is 31.3 Å². The van der Waals surface area contributed by atoms with Crippen molar-refractivity contribution in [2.45, 2.75) is 13.0 Å². The lowest BCUT2D eigenvalue weighted by Gasteiger charge is -2.15. The molecule has 0 radical (unpaired) electrons. The number of rotatable bonds is 7. The zero-order chi connectivity index (χ0) is 15.1. The van der Waals surface area contributed by atoms with Crippen LogP contribution in [0.15, 0.2) is 18.2 Å². The fourth-order valence-corrected chi connectivity index (χ4v) is 1.56. The number of nitrogens with two attached hydrogens (primary N) is 1. The molecule has 0 spiro atoms. The number of carbonyl (C=O) groups excluding carboxylic acids is 1. The van der Waals surface area contributed by atoms with E-state index in [1.54, 1.807) is 14.0 Å². The van der Waals surface area contributed by atoms with Crippen molar-refractivity contribution in [1.29, 1.82) is 0 Å². The molecule has 0 saturated heterocycles. The minimum absolute atomic E-state index is 0.0481. The van der Waals surface area contributed by atoms with E-state index in [-0.39, 0.29) is 17.3 Å². The number of nitro groups is 1. The lowest BCUT2D eigenvalue weighted by molar-refractivity contribution is -0.383. The van der Waals surface area contributed by atoms with Gasteiger partial charge in [0.1, 0.15) is 11.7 Å². The fourth-order valence-electron chi connectivity index (χ4n) is 1.56. The van der Waals surface area contributed by atoms with Gasteiger partial charge >= 0.3 is 0 Å². The standard InChI is InChI=1S/C12H18N4O4/c1-8(12(17)14-5-6-20-2)15-9-3-4-11(16(18)19)10(13)7-9/h3-4,7-8,15H,5-6,13H2,1-2H3,(H,14,17). The number of nitro benzene ring substituents is 1. The van der Waals surface area contributed by atoms with E-state index in [2.05, 4.69) is 10.6 Å². The Morgan fingerprint density at radius 1 is 1.55 bits per heavy atom. The summed E-state index contributed by atoms with van der Waals surface area (Å²) in [5.74, 6) is -0.195. The molecule has 8 nitrogen and oxygen atoms in total. The molecule has 0 fully saturated rings. The minimum Gasteiger partial charge on any atom is -0.393 e. The molecule has 0 heterocycles. The summed E-state index contributed by atoms with van der Waals surface area (Å²) in [7, 11) is 1.55. The average molecular weight is 282 g/mol. The van der Waals surface area contributed by atoms with E-state index in [1.807, 2.05) is 0 Å². The number of nitrogens with zero attached hydrogens (tertiary/aromatic N) is 1. The van der Waals surface area contributed by atoms with Crippen LogP contribution in [0.5, 0.6) is 0 Å². The number of nitrogen functional groups attached to an aromatic ring is 1. The Morgan fingerprint density at radius 2 is 2.25 bits per heavy atom. The summed E-state index contributed by atoms with van der Waals surface area (Å²) in [5.41, 5.74) is 6.01. The van der Waals surface area contributed by atoms with E-state index in [4.69, 9.17) is 10.5 Å². The van der Waals surface area contributed by atoms with Gasteiger partial charge in [-0.3, -0.25) is 14.9 Å². The highest BCUT2D eigenvalue weighted by Gasteiger charge is 2.15. The Morgan fingerprint density at radius 3 is 2.80 bits per heavy atom. The van der Waals surface area contributed by atoms with E-state index >= 15 is 0 Å². The molecule has 1 aromatic rings. The van der Waals surface area contributed by atoms with E-state index in [0.29, 0.717) is 18.8 Å². The van der Waals surface area contributed by atoms with Gasteiger partial charge in [-0.2, -0.15) is 0 Å². The molecule has 0 saturated carbocycles. The van der Waals surface area contributed by atoms with Gasteiger partial charge in [0.2, 0.25) is 5.91 Å². The normalized spacial score (nSPS) is 11.7. The zero-order valence-electron chi connectivity index (χ0n) is 11.4. The van der Waals surface area contributed by atoms with Crippen molar-refractivity contribution < 1.29 is 14.5 Å². The van der Waals surface area contributed by atoms with Crippen LogP contribution in [0.1, 0.15) is 6.92 Å². The van der Waals surface area contributed by atoms with Crippen molar-refractivity contribution in [3.63, 3.8) is 0 Å². The van der Waals surface area contributed by atoms with Crippen LogP contribution < -0.4 is 16.4 Å². The molecule has 1 atom stereocenters. The van der Waals surface area contributed by atoms with Crippen LogP contribution in [0.4, 0.5) is 17.1 Å². The zero-order valence-corrected chi connectivity index (χ0v) is 11.4. The first-order chi connectivity index (χ1) is 9.45. The summed E-state index contributed by atoms with van der Waals surface area (Å²) >= 11 is 0. The van der Waals surface area contributed by atoms with Crippen molar-refractivity contribution in [1.82, 2.24) is 5.32 Å². The second kappa shape index (κ2) is 7.29. The molecule has 0 bridgehead atoms. The lowest BCUT2D eigenvalue weighted by Crippen LogP contribution is -2.39. The number of amides is 1. The molecular weight excluding hydrogens is 264 g/mol. The number of methoxy groups -OCH3 is 1. The third-order valence-electron chi connectivity index (χ3n) is 2.61. The molecule has 0 aromatic heterocycles. The number of benzene rings is 1. The summed E-state index contributed by atoms with van der Waals surface area (Å²) in [4.78, 5) is 21.8. The summed E-state index contributed by atoms with van der Waals surface area (Å²) < 4.78 is 4.83. The van der Waals surface area contributed by atoms with Crippen LogP contribution in [0.25, 0.3) is 0 Å². The summed E-state index contributed by atoms with van der Waals surface area (Å²) in [6, 6.07) is 3.74. The number of anilines is 2. The van der Waals surface area contributed by atoms with Gasteiger partial charge < -0.3 is 21.1 Å². The number of nitrogens with one attached hydrogen (secondary N) is 2. The predicted octanol–water partition coefficient (Wildman–Crippen LogP) is 0.740. The second-order valence-electron chi connectivity index (χ2n) is 4.18. The second-order valence-corrected chi connectivity index (χ2v) is 4.18. The van der Waals surface area contributed by atoms with E-state index in [0.717, 1.165) is 0 Å². The van der Waals surface area contributed by atoms with Gasteiger partial charge in [0.05, 0.1) is 11.5 Å². The maximum atomic E-state index is 11.7. The summed E-state index contributed by atoms with van der Waals surface area (Å²) in [6.45, 7) is 2.53. The molecule has 1 unspecified atom stereocenters. The first-order valence-electron chi connectivity index (χ1n) is 6.02. The van der Waals surface area contributed by atoms with Crippen LogP contribution in [0, 0.1) is 10.1 Å². The first kappa shape index (κ1) is 15.7. The number of ether oxygens (including phenoxy) is 1. The molecule has 0 aliphatic heterocycles. The average Bonchev–Trinajstić information content (AvgIpc) is 2.38. The van der Waals surface area contributed by atoms with Gasteiger partial charge in [-0.25, -0.2) is 0 Å². The van der Waals surface area contributed by atoms with Crippen molar-refractivity contribution in [2.24, 2.45) is 0 Å². The monoisotopic (exact) mass is 282 g/mol. The number of hydrogen-bond acceptors (Lipinski definition) is 6. The molecule has 0 aliphatic carbocycles. The molecule has 20 heavy (non-hydrogen) atoms. The Labute approximate surface area is 116 Å². The fraction of sp³-hybridized carbons (Fsp3) is 0.417. The van der Waals surface area contributed by atoms with E-state index in [1.165, 1.54) is 18.2 Å². The van der Waals surface area contributed by atoms with Gasteiger partial charge in [0.25, 0.3) is 5.69 Å². The van der Waals surface area contributed by atoms with Crippen LogP contribution in [-0.2, 0) is 9.53 Å². The Hall–Kier alpha value is -2.35. The SMILES string of the molecule is COCCNC(=O)C(C)Nc1ccc([N+](=O)[O-])c(N)c1. The lowest BCUT2D eigenvalue weighted by atomic mass is 10.2. The molecule has 8 heteroatoms. The van der Waals surface area contributed by atoms with Gasteiger partial charge in [-0.1, -0.05) is 0 Å². The highest BCUT2D eigenvalue weighted by molar-refractivity contribution is 5.84. The Balaban J connectivity index is 2.62. The van der Waals surface area contributed by atoms with Gasteiger partial charge in [-0.05, 0) is 19.1 Å². The van der Waals surface area contributed by atoms with Crippen molar-refractivity contribution >= 4 is 23.0 Å². The third kappa shape index (κ3) is 4.39. The molecule has 110 valence electrons. The molecule has 0 aliphatic rings. The number of hydrogen-bond donors (Lipinski definition) is 3.